The van der Waals surface area contributed by atoms with E-state index in [1.54, 1.807) is 23.1 Å². The Labute approximate surface area is 89.6 Å². The highest BCUT2D eigenvalue weighted by Gasteiger charge is 2.25. The van der Waals surface area contributed by atoms with Crippen LogP contribution < -0.4 is 0 Å². The molecule has 1 amide bonds. The first kappa shape index (κ1) is 9.03. The average Bonchev–Trinajstić information content (AvgIpc) is 2.83. The normalized spacial score (nSPS) is 14.5. The van der Waals surface area contributed by atoms with E-state index in [-0.39, 0.29) is 5.91 Å². The molecule has 0 spiro atoms. The Hall–Kier alpha value is -0.540. The van der Waals surface area contributed by atoms with Crippen molar-refractivity contribution in [3.8, 4) is 0 Å². The van der Waals surface area contributed by atoms with E-state index in [1.165, 1.54) is 0 Å². The second-order valence-corrected chi connectivity index (χ2v) is 4.30. The number of carbonyl (C=O) groups is 1. The second-order valence-electron chi connectivity index (χ2n) is 2.95. The van der Waals surface area contributed by atoms with E-state index < -0.39 is 0 Å². The van der Waals surface area contributed by atoms with E-state index in [0.717, 1.165) is 17.6 Å². The van der Waals surface area contributed by atoms with Crippen molar-refractivity contribution in [1.29, 1.82) is 0 Å². The number of benzene rings is 1. The number of halogens is 2. The van der Waals surface area contributed by atoms with Crippen LogP contribution in [0.3, 0.4) is 0 Å². The molecule has 0 radical (unpaired) electrons. The lowest BCUT2D eigenvalue weighted by molar-refractivity contribution is 0.0885. The molecule has 1 aromatic carbocycles. The van der Waals surface area contributed by atoms with Crippen LogP contribution in [0.1, 0.15) is 10.4 Å². The van der Waals surface area contributed by atoms with Gasteiger partial charge < -0.3 is 4.90 Å². The van der Waals surface area contributed by atoms with Gasteiger partial charge in [0.1, 0.15) is 0 Å². The Balaban J connectivity index is 2.33. The van der Waals surface area contributed by atoms with Gasteiger partial charge in [0.15, 0.2) is 0 Å². The number of carbonyl (C=O) groups excluding carboxylic acids is 1. The van der Waals surface area contributed by atoms with Gasteiger partial charge in [-0.2, -0.15) is 0 Å². The molecule has 4 heteroatoms. The fourth-order valence-corrected chi connectivity index (χ4v) is 1.97. The van der Waals surface area contributed by atoms with Crippen LogP contribution >= 0.6 is 27.5 Å². The molecule has 2 rings (SSSR count). The molecule has 1 aromatic rings. The lowest BCUT2D eigenvalue weighted by Crippen LogP contribution is -2.10. The van der Waals surface area contributed by atoms with Crippen LogP contribution in [0.5, 0.6) is 0 Å². The molecule has 0 aliphatic carbocycles. The first-order valence-electron chi connectivity index (χ1n) is 3.92. The van der Waals surface area contributed by atoms with Gasteiger partial charge in [0, 0.05) is 28.1 Å². The number of nitrogens with zero attached hydrogens (tertiary/aromatic N) is 1. The summed E-state index contributed by atoms with van der Waals surface area (Å²) in [6.07, 6.45) is 0. The van der Waals surface area contributed by atoms with Crippen molar-refractivity contribution in [3.05, 3.63) is 33.3 Å². The highest BCUT2D eigenvalue weighted by atomic mass is 79.9. The molecule has 0 atom stereocenters. The third-order valence-electron chi connectivity index (χ3n) is 1.84. The van der Waals surface area contributed by atoms with Crippen molar-refractivity contribution < 1.29 is 4.79 Å². The van der Waals surface area contributed by atoms with E-state index in [0.29, 0.717) is 10.6 Å². The smallest absolute Gasteiger partial charge is 0.254 e. The zero-order chi connectivity index (χ0) is 9.42. The number of rotatable bonds is 1. The molecule has 1 aliphatic heterocycles. The van der Waals surface area contributed by atoms with Gasteiger partial charge in [-0.3, -0.25) is 4.79 Å². The Bertz CT molecular complexity index is 342. The molecule has 2 nitrogen and oxygen atoms in total. The summed E-state index contributed by atoms with van der Waals surface area (Å²) in [5, 5.41) is 0.583. The van der Waals surface area contributed by atoms with Crippen molar-refractivity contribution in [1.82, 2.24) is 4.90 Å². The van der Waals surface area contributed by atoms with Crippen LogP contribution in [0.2, 0.25) is 5.02 Å². The molecular weight excluding hydrogens is 253 g/mol. The van der Waals surface area contributed by atoms with Gasteiger partial charge in [0.2, 0.25) is 0 Å². The maximum atomic E-state index is 11.6. The minimum atomic E-state index is 0.0585. The SMILES string of the molecule is O=C(c1cc(Cl)cc(Br)c1)N1CC1. The van der Waals surface area contributed by atoms with Gasteiger partial charge in [-0.05, 0) is 18.2 Å². The molecular formula is C9H7BrClNO. The standard InChI is InChI=1S/C9H7BrClNO/c10-7-3-6(4-8(11)5-7)9(13)12-1-2-12/h3-5H,1-2H2. The second kappa shape index (κ2) is 3.31. The Morgan fingerprint density at radius 2 is 2.08 bits per heavy atom. The van der Waals surface area contributed by atoms with Gasteiger partial charge in [0.25, 0.3) is 5.91 Å². The Morgan fingerprint density at radius 1 is 1.38 bits per heavy atom. The lowest BCUT2D eigenvalue weighted by atomic mass is 10.2. The number of hydrogen-bond acceptors (Lipinski definition) is 1. The quantitative estimate of drug-likeness (QED) is 0.711. The van der Waals surface area contributed by atoms with Crippen LogP contribution in [0.15, 0.2) is 22.7 Å². The van der Waals surface area contributed by atoms with E-state index >= 15 is 0 Å². The third-order valence-corrected chi connectivity index (χ3v) is 2.52. The highest BCUT2D eigenvalue weighted by Crippen LogP contribution is 2.22. The van der Waals surface area contributed by atoms with Crippen molar-refractivity contribution in [3.63, 3.8) is 0 Å². The third kappa shape index (κ3) is 2.03. The van der Waals surface area contributed by atoms with E-state index in [9.17, 15) is 4.79 Å². The van der Waals surface area contributed by atoms with Crippen molar-refractivity contribution in [2.24, 2.45) is 0 Å². The first-order valence-corrected chi connectivity index (χ1v) is 5.09. The van der Waals surface area contributed by atoms with Gasteiger partial charge >= 0.3 is 0 Å². The van der Waals surface area contributed by atoms with E-state index in [2.05, 4.69) is 15.9 Å². The zero-order valence-electron chi connectivity index (χ0n) is 6.76. The minimum Gasteiger partial charge on any atom is -0.335 e. The topological polar surface area (TPSA) is 20.1 Å². The van der Waals surface area contributed by atoms with Gasteiger partial charge in [-0.15, -0.1) is 0 Å². The van der Waals surface area contributed by atoms with Crippen LogP contribution in [0, 0.1) is 0 Å². The summed E-state index contributed by atoms with van der Waals surface area (Å²) in [6, 6.07) is 5.24. The van der Waals surface area contributed by atoms with E-state index in [1.807, 2.05) is 0 Å². The van der Waals surface area contributed by atoms with Crippen LogP contribution in [0.25, 0.3) is 0 Å². The molecule has 1 saturated heterocycles. The fourth-order valence-electron chi connectivity index (χ4n) is 1.11. The van der Waals surface area contributed by atoms with Crippen molar-refractivity contribution in [2.45, 2.75) is 0 Å². The first-order chi connectivity index (χ1) is 6.16. The lowest BCUT2D eigenvalue weighted by Gasteiger charge is -2.02. The summed E-state index contributed by atoms with van der Waals surface area (Å²) in [6.45, 7) is 1.73. The molecule has 0 bridgehead atoms. The van der Waals surface area contributed by atoms with Crippen LogP contribution in [-0.2, 0) is 0 Å². The fraction of sp³-hybridized carbons (Fsp3) is 0.222. The molecule has 1 fully saturated rings. The number of hydrogen-bond donors (Lipinski definition) is 0. The summed E-state index contributed by atoms with van der Waals surface area (Å²) in [5.74, 6) is 0.0585. The van der Waals surface area contributed by atoms with Crippen LogP contribution in [-0.4, -0.2) is 23.9 Å². The van der Waals surface area contributed by atoms with E-state index in [4.69, 9.17) is 11.6 Å². The summed E-state index contributed by atoms with van der Waals surface area (Å²) in [4.78, 5) is 13.3. The Kier molecular flexibility index (Phi) is 2.30. The largest absolute Gasteiger partial charge is 0.335 e. The monoisotopic (exact) mass is 259 g/mol. The molecule has 1 heterocycles. The average molecular weight is 261 g/mol. The zero-order valence-corrected chi connectivity index (χ0v) is 9.10. The molecule has 0 saturated carbocycles. The molecule has 0 aromatic heterocycles. The molecule has 1 aliphatic rings. The highest BCUT2D eigenvalue weighted by molar-refractivity contribution is 9.10. The summed E-state index contributed by atoms with van der Waals surface area (Å²) in [7, 11) is 0. The maximum Gasteiger partial charge on any atom is 0.254 e. The maximum absolute atomic E-state index is 11.6. The molecule has 68 valence electrons. The van der Waals surface area contributed by atoms with Crippen molar-refractivity contribution >= 4 is 33.4 Å². The minimum absolute atomic E-state index is 0.0585. The predicted octanol–water partition coefficient (Wildman–Crippen LogP) is 2.56. The molecule has 0 N–H and O–H groups in total. The molecule has 0 unspecified atom stereocenters. The summed E-state index contributed by atoms with van der Waals surface area (Å²) < 4.78 is 0.838. The Morgan fingerprint density at radius 3 is 2.62 bits per heavy atom. The van der Waals surface area contributed by atoms with Crippen LogP contribution in [0.4, 0.5) is 0 Å². The van der Waals surface area contributed by atoms with Gasteiger partial charge in [0.05, 0.1) is 0 Å². The summed E-state index contributed by atoms with van der Waals surface area (Å²) >= 11 is 9.11. The predicted molar refractivity (Wildman–Crippen MR) is 55.1 cm³/mol. The molecule has 13 heavy (non-hydrogen) atoms. The number of amides is 1. The summed E-state index contributed by atoms with van der Waals surface area (Å²) in [5.41, 5.74) is 0.650. The van der Waals surface area contributed by atoms with Gasteiger partial charge in [-0.25, -0.2) is 0 Å². The van der Waals surface area contributed by atoms with Crippen molar-refractivity contribution in [2.75, 3.05) is 13.1 Å². The van der Waals surface area contributed by atoms with Gasteiger partial charge in [-0.1, -0.05) is 27.5 Å².